The van der Waals surface area contributed by atoms with Crippen molar-refractivity contribution in [2.75, 3.05) is 36.8 Å². The molecule has 0 aliphatic carbocycles. The van der Waals surface area contributed by atoms with Crippen molar-refractivity contribution in [3.63, 3.8) is 0 Å². The van der Waals surface area contributed by atoms with E-state index < -0.39 is 0 Å². The summed E-state index contributed by atoms with van der Waals surface area (Å²) in [5, 5.41) is 1.27. The standard InChI is InChI=1S/C15H16ClN5OS/c16-12-3-1-4-17-14(12)23-11-13(22)20-7-9-21(10-8-20)15-18-5-2-6-19-15/h1-6H,7-11H2. The summed E-state index contributed by atoms with van der Waals surface area (Å²) in [7, 11) is 0. The zero-order chi connectivity index (χ0) is 16.1. The van der Waals surface area contributed by atoms with Crippen molar-refractivity contribution >= 4 is 35.2 Å². The Balaban J connectivity index is 1.50. The number of rotatable bonds is 4. The molecule has 1 saturated heterocycles. The molecule has 0 bridgehead atoms. The summed E-state index contributed by atoms with van der Waals surface area (Å²) in [5.41, 5.74) is 0. The molecular formula is C15H16ClN5OS. The van der Waals surface area contributed by atoms with Crippen LogP contribution in [0.4, 0.5) is 5.95 Å². The lowest BCUT2D eigenvalue weighted by Gasteiger charge is -2.34. The summed E-state index contributed by atoms with van der Waals surface area (Å²) in [5.74, 6) is 1.16. The van der Waals surface area contributed by atoms with Crippen molar-refractivity contribution in [1.82, 2.24) is 19.9 Å². The molecule has 2 aromatic heterocycles. The molecule has 0 saturated carbocycles. The van der Waals surface area contributed by atoms with Crippen LogP contribution in [0.3, 0.4) is 0 Å². The first-order chi connectivity index (χ1) is 11.2. The van der Waals surface area contributed by atoms with E-state index in [1.165, 1.54) is 11.8 Å². The van der Waals surface area contributed by atoms with Crippen LogP contribution in [-0.4, -0.2) is 57.7 Å². The van der Waals surface area contributed by atoms with Crippen LogP contribution in [0.1, 0.15) is 0 Å². The molecule has 1 amide bonds. The van der Waals surface area contributed by atoms with E-state index in [-0.39, 0.29) is 5.91 Å². The van der Waals surface area contributed by atoms with E-state index in [1.807, 2.05) is 4.90 Å². The van der Waals surface area contributed by atoms with Gasteiger partial charge in [-0.15, -0.1) is 0 Å². The largest absolute Gasteiger partial charge is 0.338 e. The lowest BCUT2D eigenvalue weighted by atomic mass is 10.3. The third-order valence-electron chi connectivity index (χ3n) is 3.52. The van der Waals surface area contributed by atoms with Gasteiger partial charge >= 0.3 is 0 Å². The van der Waals surface area contributed by atoms with Gasteiger partial charge in [-0.05, 0) is 18.2 Å². The summed E-state index contributed by atoms with van der Waals surface area (Å²) in [6.07, 6.45) is 5.14. The van der Waals surface area contributed by atoms with Gasteiger partial charge in [0.05, 0.1) is 10.8 Å². The molecule has 3 rings (SSSR count). The Morgan fingerprint density at radius 3 is 2.48 bits per heavy atom. The summed E-state index contributed by atoms with van der Waals surface area (Å²) >= 11 is 7.43. The maximum absolute atomic E-state index is 12.3. The van der Waals surface area contributed by atoms with Gasteiger partial charge in [-0.2, -0.15) is 0 Å². The summed E-state index contributed by atoms with van der Waals surface area (Å²) < 4.78 is 0. The van der Waals surface area contributed by atoms with Crippen LogP contribution in [0, 0.1) is 0 Å². The molecule has 0 radical (unpaired) electrons. The van der Waals surface area contributed by atoms with Crippen LogP contribution in [0.25, 0.3) is 0 Å². The topological polar surface area (TPSA) is 62.2 Å². The molecule has 120 valence electrons. The zero-order valence-electron chi connectivity index (χ0n) is 12.4. The Labute approximate surface area is 143 Å². The van der Waals surface area contributed by atoms with Crippen LogP contribution in [0.5, 0.6) is 0 Å². The SMILES string of the molecule is O=C(CSc1ncccc1Cl)N1CCN(c2ncccn2)CC1. The van der Waals surface area contributed by atoms with Crippen LogP contribution < -0.4 is 4.90 Å². The Morgan fingerprint density at radius 1 is 1.09 bits per heavy atom. The minimum Gasteiger partial charge on any atom is -0.338 e. The molecule has 0 spiro atoms. The number of thioether (sulfide) groups is 1. The average Bonchev–Trinajstić information content (AvgIpc) is 2.62. The molecule has 0 unspecified atom stereocenters. The van der Waals surface area contributed by atoms with Crippen molar-refractivity contribution in [3.05, 3.63) is 41.8 Å². The maximum atomic E-state index is 12.3. The molecule has 1 aliphatic rings. The number of pyridine rings is 1. The van der Waals surface area contributed by atoms with Crippen molar-refractivity contribution in [3.8, 4) is 0 Å². The van der Waals surface area contributed by atoms with Gasteiger partial charge in [-0.3, -0.25) is 4.79 Å². The molecule has 3 heterocycles. The Hall–Kier alpha value is -1.86. The number of carbonyl (C=O) groups excluding carboxylic acids is 1. The van der Waals surface area contributed by atoms with Crippen molar-refractivity contribution in [2.24, 2.45) is 0 Å². The van der Waals surface area contributed by atoms with Gasteiger partial charge in [0.2, 0.25) is 11.9 Å². The molecule has 0 N–H and O–H groups in total. The van der Waals surface area contributed by atoms with E-state index >= 15 is 0 Å². The van der Waals surface area contributed by atoms with Crippen molar-refractivity contribution in [2.45, 2.75) is 5.03 Å². The number of aromatic nitrogens is 3. The Bertz CT molecular complexity index is 664. The normalized spacial score (nSPS) is 14.8. The number of carbonyl (C=O) groups is 1. The lowest BCUT2D eigenvalue weighted by Crippen LogP contribution is -2.49. The van der Waals surface area contributed by atoms with Gasteiger partial charge in [0.15, 0.2) is 0 Å². The quantitative estimate of drug-likeness (QED) is 0.786. The third kappa shape index (κ3) is 4.11. The van der Waals surface area contributed by atoms with Gasteiger partial charge < -0.3 is 9.80 Å². The van der Waals surface area contributed by atoms with E-state index in [4.69, 9.17) is 11.6 Å². The smallest absolute Gasteiger partial charge is 0.233 e. The zero-order valence-corrected chi connectivity index (χ0v) is 14.0. The molecular weight excluding hydrogens is 334 g/mol. The van der Waals surface area contributed by atoms with Gasteiger partial charge in [0.25, 0.3) is 0 Å². The van der Waals surface area contributed by atoms with E-state index in [1.54, 1.807) is 36.8 Å². The van der Waals surface area contributed by atoms with E-state index in [9.17, 15) is 4.79 Å². The number of halogens is 1. The fourth-order valence-electron chi connectivity index (χ4n) is 2.31. The Morgan fingerprint density at radius 2 is 1.78 bits per heavy atom. The summed E-state index contributed by atoms with van der Waals surface area (Å²) in [6, 6.07) is 5.35. The highest BCUT2D eigenvalue weighted by Crippen LogP contribution is 2.24. The molecule has 0 aromatic carbocycles. The molecule has 1 aliphatic heterocycles. The van der Waals surface area contributed by atoms with Crippen molar-refractivity contribution < 1.29 is 4.79 Å². The van der Waals surface area contributed by atoms with E-state index in [0.717, 1.165) is 13.1 Å². The van der Waals surface area contributed by atoms with E-state index in [0.29, 0.717) is 34.8 Å². The first kappa shape index (κ1) is 16.0. The number of hydrogen-bond donors (Lipinski definition) is 0. The molecule has 23 heavy (non-hydrogen) atoms. The lowest BCUT2D eigenvalue weighted by molar-refractivity contribution is -0.128. The van der Waals surface area contributed by atoms with Crippen LogP contribution in [-0.2, 0) is 4.79 Å². The number of hydrogen-bond acceptors (Lipinski definition) is 6. The Kier molecular flexibility index (Phi) is 5.30. The maximum Gasteiger partial charge on any atom is 0.233 e. The second-order valence-electron chi connectivity index (χ2n) is 5.00. The molecule has 2 aromatic rings. The first-order valence-corrected chi connectivity index (χ1v) is 8.63. The number of piperazine rings is 1. The van der Waals surface area contributed by atoms with Gasteiger partial charge in [0.1, 0.15) is 5.03 Å². The molecule has 1 fully saturated rings. The van der Waals surface area contributed by atoms with Crippen LogP contribution >= 0.6 is 23.4 Å². The minimum absolute atomic E-state index is 0.102. The highest BCUT2D eigenvalue weighted by molar-refractivity contribution is 8.00. The molecule has 8 heteroatoms. The average molecular weight is 350 g/mol. The van der Waals surface area contributed by atoms with Gasteiger partial charge in [0, 0.05) is 44.8 Å². The van der Waals surface area contributed by atoms with Crippen molar-refractivity contribution in [1.29, 1.82) is 0 Å². The fraction of sp³-hybridized carbons (Fsp3) is 0.333. The molecule has 6 nitrogen and oxygen atoms in total. The third-order valence-corrected chi connectivity index (χ3v) is 4.93. The number of nitrogens with zero attached hydrogens (tertiary/aromatic N) is 5. The monoisotopic (exact) mass is 349 g/mol. The highest BCUT2D eigenvalue weighted by atomic mass is 35.5. The summed E-state index contributed by atoms with van der Waals surface area (Å²) in [6.45, 7) is 2.83. The van der Waals surface area contributed by atoms with Crippen LogP contribution in [0.2, 0.25) is 5.02 Å². The second kappa shape index (κ2) is 7.61. The molecule has 0 atom stereocenters. The predicted octanol–water partition coefficient (Wildman–Crippen LogP) is 1.97. The van der Waals surface area contributed by atoms with E-state index in [2.05, 4.69) is 19.9 Å². The minimum atomic E-state index is 0.102. The van der Waals surface area contributed by atoms with Crippen LogP contribution in [0.15, 0.2) is 41.8 Å². The number of anilines is 1. The number of amides is 1. The highest BCUT2D eigenvalue weighted by Gasteiger charge is 2.22. The van der Waals surface area contributed by atoms with Gasteiger partial charge in [-0.25, -0.2) is 15.0 Å². The fourth-order valence-corrected chi connectivity index (χ4v) is 3.38. The predicted molar refractivity (Wildman–Crippen MR) is 90.8 cm³/mol. The first-order valence-electron chi connectivity index (χ1n) is 7.27. The van der Waals surface area contributed by atoms with Gasteiger partial charge in [-0.1, -0.05) is 23.4 Å². The second-order valence-corrected chi connectivity index (χ2v) is 6.37. The summed E-state index contributed by atoms with van der Waals surface area (Å²) in [4.78, 5) is 28.9.